The maximum Gasteiger partial charge on any atom is 0.243 e. The summed E-state index contributed by atoms with van der Waals surface area (Å²) >= 11 is 0. The molecule has 2 N–H and O–H groups in total. The molecule has 4 rings (SSSR count). The Hall–Kier alpha value is -1.54. The molecule has 2 aromatic rings. The summed E-state index contributed by atoms with van der Waals surface area (Å²) in [5, 5.41) is 24.2. The van der Waals surface area contributed by atoms with Crippen LogP contribution in [0.25, 0.3) is 10.8 Å². The summed E-state index contributed by atoms with van der Waals surface area (Å²) in [7, 11) is 8.41. The fraction of sp³-hybridized carbons (Fsp3) is 0.545. The first-order valence-corrected chi connectivity index (χ1v) is 9.92. The summed E-state index contributed by atoms with van der Waals surface area (Å²) in [6.07, 6.45) is 0. The van der Waals surface area contributed by atoms with E-state index in [2.05, 4.69) is 28.2 Å². The second-order valence-electron chi connectivity index (χ2n) is 9.68. The van der Waals surface area contributed by atoms with E-state index in [1.165, 1.54) is 0 Å². The van der Waals surface area contributed by atoms with Crippen molar-refractivity contribution in [2.45, 2.75) is 11.6 Å². The molecule has 2 atom stereocenters. The van der Waals surface area contributed by atoms with Crippen molar-refractivity contribution in [3.8, 4) is 0 Å². The normalized spacial score (nSPS) is 32.4. The Labute approximate surface area is 166 Å². The van der Waals surface area contributed by atoms with Crippen molar-refractivity contribution in [1.29, 1.82) is 0 Å². The minimum Gasteiger partial charge on any atom is -0.357 e. The molecule has 0 saturated carbocycles. The highest BCUT2D eigenvalue weighted by atomic mass is 16.6. The number of morpholine rings is 2. The monoisotopic (exact) mass is 388 g/mol. The van der Waals surface area contributed by atoms with Gasteiger partial charge in [0, 0.05) is 11.1 Å². The van der Waals surface area contributed by atoms with Crippen LogP contribution in [0.4, 0.5) is 0 Å². The van der Waals surface area contributed by atoms with Crippen LogP contribution in [0.5, 0.6) is 0 Å². The molecular formula is C22H32N2O4+2. The van der Waals surface area contributed by atoms with E-state index in [4.69, 9.17) is 9.47 Å². The van der Waals surface area contributed by atoms with Gasteiger partial charge in [-0.1, -0.05) is 24.3 Å². The lowest BCUT2D eigenvalue weighted by Crippen LogP contribution is -2.57. The van der Waals surface area contributed by atoms with Crippen LogP contribution in [0, 0.1) is 0 Å². The molecule has 2 heterocycles. The highest BCUT2D eigenvalue weighted by Gasteiger charge is 2.43. The number of ether oxygens (including phenoxy) is 2. The molecule has 0 aliphatic carbocycles. The fourth-order valence-electron chi connectivity index (χ4n) is 4.41. The van der Waals surface area contributed by atoms with Gasteiger partial charge in [-0.25, -0.2) is 0 Å². The van der Waals surface area contributed by atoms with Gasteiger partial charge in [-0.3, -0.25) is 0 Å². The number of quaternary nitrogens is 2. The number of fused-ring (bicyclic) bond motifs is 1. The first-order chi connectivity index (χ1) is 13.0. The Kier molecular flexibility index (Phi) is 4.58. The van der Waals surface area contributed by atoms with Crippen LogP contribution in [0.2, 0.25) is 0 Å². The summed E-state index contributed by atoms with van der Waals surface area (Å²) in [5.41, 5.74) is 1.54. The molecular weight excluding hydrogens is 356 g/mol. The van der Waals surface area contributed by atoms with Gasteiger partial charge < -0.3 is 28.7 Å². The quantitative estimate of drug-likeness (QED) is 0.763. The van der Waals surface area contributed by atoms with E-state index in [0.29, 0.717) is 35.3 Å². The third-order valence-electron chi connectivity index (χ3n) is 6.10. The van der Waals surface area contributed by atoms with Crippen molar-refractivity contribution < 1.29 is 28.7 Å². The SMILES string of the molecule is C[N+]1(C)CCOC(O)(c2ccc3cc(C4(O)C[N+](C)(C)CCO4)ccc3c2)C1. The second-order valence-corrected chi connectivity index (χ2v) is 9.68. The van der Waals surface area contributed by atoms with Crippen LogP contribution < -0.4 is 0 Å². The van der Waals surface area contributed by atoms with Gasteiger partial charge in [-0.2, -0.15) is 0 Å². The average Bonchev–Trinajstić information content (AvgIpc) is 2.58. The fourth-order valence-corrected chi connectivity index (χ4v) is 4.41. The van der Waals surface area contributed by atoms with Crippen LogP contribution in [0.3, 0.4) is 0 Å². The zero-order valence-electron chi connectivity index (χ0n) is 17.3. The van der Waals surface area contributed by atoms with Crippen molar-refractivity contribution in [3.63, 3.8) is 0 Å². The van der Waals surface area contributed by atoms with Crippen LogP contribution in [-0.2, 0) is 21.0 Å². The number of hydrogen-bond acceptors (Lipinski definition) is 4. The lowest BCUT2D eigenvalue weighted by atomic mass is 9.95. The Morgan fingerprint density at radius 2 is 1.11 bits per heavy atom. The smallest absolute Gasteiger partial charge is 0.243 e. The lowest BCUT2D eigenvalue weighted by Gasteiger charge is -2.43. The van der Waals surface area contributed by atoms with E-state index >= 15 is 0 Å². The minimum absolute atomic E-state index is 0.511. The molecule has 6 heteroatoms. The number of benzene rings is 2. The average molecular weight is 389 g/mol. The van der Waals surface area contributed by atoms with Crippen molar-refractivity contribution >= 4 is 10.8 Å². The van der Waals surface area contributed by atoms with Crippen LogP contribution in [0.1, 0.15) is 11.1 Å². The Bertz CT molecular complexity index is 824. The molecule has 2 aliphatic heterocycles. The number of aliphatic hydroxyl groups is 2. The Morgan fingerprint density at radius 1 is 0.714 bits per heavy atom. The summed E-state index contributed by atoms with van der Waals surface area (Å²) in [6, 6.07) is 11.8. The van der Waals surface area contributed by atoms with Crippen LogP contribution in [0.15, 0.2) is 36.4 Å². The third kappa shape index (κ3) is 3.68. The second kappa shape index (κ2) is 6.49. The van der Waals surface area contributed by atoms with E-state index in [0.717, 1.165) is 35.0 Å². The van der Waals surface area contributed by atoms with Gasteiger partial charge in [-0.05, 0) is 22.9 Å². The topological polar surface area (TPSA) is 58.9 Å². The summed E-state index contributed by atoms with van der Waals surface area (Å²) in [5.74, 6) is -2.55. The molecule has 152 valence electrons. The zero-order valence-corrected chi connectivity index (χ0v) is 17.3. The molecule has 2 fully saturated rings. The lowest BCUT2D eigenvalue weighted by molar-refractivity contribution is -0.912. The molecule has 0 aromatic heterocycles. The van der Waals surface area contributed by atoms with E-state index in [-0.39, 0.29) is 0 Å². The highest BCUT2D eigenvalue weighted by molar-refractivity contribution is 5.84. The highest BCUT2D eigenvalue weighted by Crippen LogP contribution is 2.34. The van der Waals surface area contributed by atoms with Crippen LogP contribution >= 0.6 is 0 Å². The predicted octanol–water partition coefficient (Wildman–Crippen LogP) is 1.34. The summed E-state index contributed by atoms with van der Waals surface area (Å²) in [4.78, 5) is 0. The van der Waals surface area contributed by atoms with E-state index in [9.17, 15) is 10.2 Å². The zero-order chi connectivity index (χ0) is 20.2. The van der Waals surface area contributed by atoms with E-state index in [1.54, 1.807) is 0 Å². The Balaban J connectivity index is 1.67. The van der Waals surface area contributed by atoms with Gasteiger partial charge in [-0.15, -0.1) is 0 Å². The van der Waals surface area contributed by atoms with Crippen molar-refractivity contribution in [2.75, 3.05) is 67.6 Å². The van der Waals surface area contributed by atoms with Gasteiger partial charge in [0.15, 0.2) is 0 Å². The van der Waals surface area contributed by atoms with Crippen molar-refractivity contribution in [3.05, 3.63) is 47.5 Å². The molecule has 28 heavy (non-hydrogen) atoms. The van der Waals surface area contributed by atoms with Crippen LogP contribution in [-0.4, -0.2) is 86.8 Å². The first kappa shape index (κ1) is 19.8. The molecule has 0 radical (unpaired) electrons. The molecule has 0 spiro atoms. The molecule has 0 bridgehead atoms. The molecule has 2 aromatic carbocycles. The van der Waals surface area contributed by atoms with Gasteiger partial charge in [0.25, 0.3) is 0 Å². The number of likely N-dealkylation sites (N-methyl/N-ethyl adjacent to an activating group) is 2. The standard InChI is InChI=1S/C22H32N2O4/c1-23(2)9-11-27-21(25,15-23)19-7-5-18-14-20(8-6-17(18)13-19)22(26)16-24(3,4)10-12-28-22/h5-8,13-14,25-26H,9-12,15-16H2,1-4H3/q+2. The molecule has 6 nitrogen and oxygen atoms in total. The maximum atomic E-state index is 11.1. The first-order valence-electron chi connectivity index (χ1n) is 9.92. The largest absolute Gasteiger partial charge is 0.357 e. The summed E-state index contributed by atoms with van der Waals surface area (Å²) < 4.78 is 13.0. The van der Waals surface area contributed by atoms with Gasteiger partial charge in [0.05, 0.1) is 41.4 Å². The Morgan fingerprint density at radius 3 is 1.46 bits per heavy atom. The molecule has 2 aliphatic rings. The maximum absolute atomic E-state index is 11.1. The molecule has 2 saturated heterocycles. The number of nitrogens with zero attached hydrogens (tertiary/aromatic N) is 2. The van der Waals surface area contributed by atoms with Gasteiger partial charge >= 0.3 is 0 Å². The number of rotatable bonds is 2. The van der Waals surface area contributed by atoms with Crippen molar-refractivity contribution in [1.82, 2.24) is 0 Å². The van der Waals surface area contributed by atoms with E-state index < -0.39 is 11.6 Å². The van der Waals surface area contributed by atoms with E-state index in [1.807, 2.05) is 36.4 Å². The van der Waals surface area contributed by atoms with Gasteiger partial charge in [0.2, 0.25) is 11.6 Å². The van der Waals surface area contributed by atoms with Crippen molar-refractivity contribution in [2.24, 2.45) is 0 Å². The van der Waals surface area contributed by atoms with Gasteiger partial charge in [0.1, 0.15) is 26.2 Å². The summed E-state index contributed by atoms with van der Waals surface area (Å²) in [6.45, 7) is 3.84. The molecule has 2 unspecified atom stereocenters. The molecule has 0 amide bonds. The number of hydrogen-bond donors (Lipinski definition) is 2. The third-order valence-corrected chi connectivity index (χ3v) is 6.10. The predicted molar refractivity (Wildman–Crippen MR) is 107 cm³/mol. The minimum atomic E-state index is -1.28.